The largest absolute Gasteiger partial charge is 0.321 e. The number of anilines is 2. The number of hydrogen-bond donors (Lipinski definition) is 3. The normalized spacial score (nSPS) is 11.9. The van der Waals surface area contributed by atoms with Gasteiger partial charge in [0.2, 0.25) is 5.91 Å². The molecule has 0 aliphatic carbocycles. The fourth-order valence-electron chi connectivity index (χ4n) is 4.20. The van der Waals surface area contributed by atoms with Crippen LogP contribution in [0.15, 0.2) is 113 Å². The minimum atomic E-state index is -0.676. The summed E-state index contributed by atoms with van der Waals surface area (Å²) in [6.07, 6.45) is 1.20. The molecule has 0 aliphatic rings. The van der Waals surface area contributed by atoms with Gasteiger partial charge in [0.25, 0.3) is 11.8 Å². The highest BCUT2D eigenvalue weighted by molar-refractivity contribution is 8.00. The Hall–Kier alpha value is -4.77. The van der Waals surface area contributed by atoms with Crippen molar-refractivity contribution in [1.29, 1.82) is 0 Å². The van der Waals surface area contributed by atoms with Gasteiger partial charge in [-0.1, -0.05) is 65.7 Å². The number of rotatable bonds is 10. The first-order valence-corrected chi connectivity index (χ1v) is 16.2. The predicted molar refractivity (Wildman–Crippen MR) is 185 cm³/mol. The van der Waals surface area contributed by atoms with Gasteiger partial charge in [-0.3, -0.25) is 14.4 Å². The predicted octanol–water partition coefficient (Wildman–Crippen LogP) is 8.44. The van der Waals surface area contributed by atoms with Crippen molar-refractivity contribution in [2.75, 3.05) is 10.6 Å². The summed E-state index contributed by atoms with van der Waals surface area (Å²) in [5, 5.41) is 10.3. The first kappa shape index (κ1) is 32.6. The highest BCUT2D eigenvalue weighted by atomic mass is 35.5. The number of halogens is 2. The molecule has 1 heterocycles. The van der Waals surface area contributed by atoms with E-state index < -0.39 is 22.9 Å². The maximum Gasteiger partial charge on any atom is 0.272 e. The maximum atomic E-state index is 14.6. The van der Waals surface area contributed by atoms with Gasteiger partial charge in [-0.25, -0.2) is 9.37 Å². The number of hydrogen-bond acceptors (Lipinski definition) is 6. The van der Waals surface area contributed by atoms with Gasteiger partial charge in [-0.15, -0.1) is 23.1 Å². The zero-order valence-corrected chi connectivity index (χ0v) is 27.1. The number of carbonyl (C=O) groups is 3. The van der Waals surface area contributed by atoms with Gasteiger partial charge in [0.15, 0.2) is 5.13 Å². The van der Waals surface area contributed by atoms with Crippen molar-refractivity contribution in [3.63, 3.8) is 0 Å². The molecule has 11 heteroatoms. The molecule has 0 saturated heterocycles. The zero-order chi connectivity index (χ0) is 32.6. The summed E-state index contributed by atoms with van der Waals surface area (Å²) in [6.45, 7) is 3.82. The number of aromatic nitrogens is 1. The van der Waals surface area contributed by atoms with E-state index in [1.54, 1.807) is 61.5 Å². The van der Waals surface area contributed by atoms with Crippen molar-refractivity contribution in [3.8, 4) is 11.3 Å². The van der Waals surface area contributed by atoms with Crippen LogP contribution in [-0.2, 0) is 9.59 Å². The first-order valence-electron chi connectivity index (χ1n) is 14.1. The summed E-state index contributed by atoms with van der Waals surface area (Å²) in [5.41, 5.74) is 3.46. The molecule has 0 spiro atoms. The molecule has 0 aliphatic heterocycles. The molecule has 0 radical (unpaired) electrons. The average Bonchev–Trinajstić information content (AvgIpc) is 3.52. The van der Waals surface area contributed by atoms with E-state index in [4.69, 9.17) is 11.6 Å². The van der Waals surface area contributed by atoms with E-state index in [0.717, 1.165) is 21.7 Å². The van der Waals surface area contributed by atoms with Crippen LogP contribution < -0.4 is 16.0 Å². The van der Waals surface area contributed by atoms with E-state index in [1.165, 1.54) is 47.4 Å². The van der Waals surface area contributed by atoms with Crippen LogP contribution >= 0.6 is 34.7 Å². The molecule has 4 aromatic carbocycles. The molecule has 1 unspecified atom stereocenters. The standard InChI is InChI=1S/C35H28ClFN4O3S2/c1-21-11-13-23(14-12-21)31-20-45-35(40-31)41-32(42)22(2)46-26-17-15-25(16-18-26)38-34(44)30(19-27-28(36)9-6-10-29(27)37)39-33(43)24-7-4-3-5-8-24/h3-20,22H,1-2H3,(H,38,44)(H,39,43)(H,40,41,42)/b30-19-. The Morgan fingerprint density at radius 2 is 1.63 bits per heavy atom. The van der Waals surface area contributed by atoms with Crippen LogP contribution in [0.2, 0.25) is 5.02 Å². The topological polar surface area (TPSA) is 100 Å². The SMILES string of the molecule is Cc1ccc(-c2csc(NC(=O)C(C)Sc3ccc(NC(=O)/C(=C/c4c(F)cccc4Cl)NC(=O)c4ccccc4)cc3)n2)cc1. The quantitative estimate of drug-likeness (QED) is 0.102. The fourth-order valence-corrected chi connectivity index (χ4v) is 6.01. The summed E-state index contributed by atoms with van der Waals surface area (Å²) in [7, 11) is 0. The van der Waals surface area contributed by atoms with E-state index in [1.807, 2.05) is 36.6 Å². The van der Waals surface area contributed by atoms with Crippen molar-refractivity contribution in [1.82, 2.24) is 10.3 Å². The Morgan fingerprint density at radius 3 is 2.33 bits per heavy atom. The van der Waals surface area contributed by atoms with Crippen LogP contribution in [0.25, 0.3) is 17.3 Å². The summed E-state index contributed by atoms with van der Waals surface area (Å²) < 4.78 is 14.6. The van der Waals surface area contributed by atoms with E-state index in [0.29, 0.717) is 16.4 Å². The number of nitrogens with one attached hydrogen (secondary N) is 3. The third kappa shape index (κ3) is 8.48. The van der Waals surface area contributed by atoms with Gasteiger partial charge >= 0.3 is 0 Å². The number of amides is 3. The second-order valence-corrected chi connectivity index (χ2v) is 12.8. The number of thiazole rings is 1. The molecule has 1 aromatic heterocycles. The van der Waals surface area contributed by atoms with Gasteiger partial charge in [0, 0.05) is 32.7 Å². The lowest BCUT2D eigenvalue weighted by Crippen LogP contribution is -2.30. The summed E-state index contributed by atoms with van der Waals surface area (Å²) in [6, 6.07) is 27.4. The molecular weight excluding hydrogens is 643 g/mol. The Kier molecular flexibility index (Phi) is 10.6. The van der Waals surface area contributed by atoms with E-state index >= 15 is 0 Å². The summed E-state index contributed by atoms with van der Waals surface area (Å²) in [5.74, 6) is -2.06. The fraction of sp³-hybridized carbons (Fsp3) is 0.0857. The highest BCUT2D eigenvalue weighted by Gasteiger charge is 2.19. The van der Waals surface area contributed by atoms with Crippen LogP contribution in [0.3, 0.4) is 0 Å². The molecule has 3 amide bonds. The number of nitrogens with zero attached hydrogens (tertiary/aromatic N) is 1. The van der Waals surface area contributed by atoms with Gasteiger partial charge < -0.3 is 16.0 Å². The molecule has 0 saturated carbocycles. The molecule has 7 nitrogen and oxygen atoms in total. The molecule has 5 aromatic rings. The highest BCUT2D eigenvalue weighted by Crippen LogP contribution is 2.29. The van der Waals surface area contributed by atoms with Crippen molar-refractivity contribution in [3.05, 3.63) is 136 Å². The molecule has 232 valence electrons. The van der Waals surface area contributed by atoms with Crippen molar-refractivity contribution in [2.24, 2.45) is 0 Å². The Bertz CT molecular complexity index is 1880. The van der Waals surface area contributed by atoms with Gasteiger partial charge in [0.1, 0.15) is 11.5 Å². The van der Waals surface area contributed by atoms with E-state index in [2.05, 4.69) is 20.9 Å². The number of aryl methyl sites for hydroxylation is 1. The molecule has 0 bridgehead atoms. The van der Waals surface area contributed by atoms with E-state index in [-0.39, 0.29) is 22.2 Å². The monoisotopic (exact) mass is 670 g/mol. The molecule has 1 atom stereocenters. The van der Waals surface area contributed by atoms with Crippen LogP contribution in [-0.4, -0.2) is 28.0 Å². The number of carbonyl (C=O) groups excluding carboxylic acids is 3. The molecule has 46 heavy (non-hydrogen) atoms. The van der Waals surface area contributed by atoms with Crippen LogP contribution in [0.1, 0.15) is 28.4 Å². The number of thioether (sulfide) groups is 1. The lowest BCUT2D eigenvalue weighted by Gasteiger charge is -2.13. The van der Waals surface area contributed by atoms with Gasteiger partial charge in [0.05, 0.1) is 16.0 Å². The number of benzene rings is 4. The molecule has 3 N–H and O–H groups in total. The first-order chi connectivity index (χ1) is 22.2. The second kappa shape index (κ2) is 15.0. The van der Waals surface area contributed by atoms with Crippen LogP contribution in [0.4, 0.5) is 15.2 Å². The van der Waals surface area contributed by atoms with Gasteiger partial charge in [-0.2, -0.15) is 0 Å². The van der Waals surface area contributed by atoms with Crippen molar-refractivity contribution < 1.29 is 18.8 Å². The second-order valence-electron chi connectivity index (χ2n) is 10.1. The molecular formula is C35H28ClFN4O3S2. The lowest BCUT2D eigenvalue weighted by atomic mass is 10.1. The van der Waals surface area contributed by atoms with Crippen LogP contribution in [0.5, 0.6) is 0 Å². The molecule has 5 rings (SSSR count). The minimum absolute atomic E-state index is 0.0363. The van der Waals surface area contributed by atoms with Crippen molar-refractivity contribution >= 4 is 69.3 Å². The summed E-state index contributed by atoms with van der Waals surface area (Å²) >= 11 is 8.90. The average molecular weight is 671 g/mol. The Morgan fingerprint density at radius 1 is 0.913 bits per heavy atom. The van der Waals surface area contributed by atoms with Crippen molar-refractivity contribution in [2.45, 2.75) is 24.0 Å². The Labute approximate surface area is 278 Å². The summed E-state index contributed by atoms with van der Waals surface area (Å²) in [4.78, 5) is 44.4. The minimum Gasteiger partial charge on any atom is -0.321 e. The van der Waals surface area contributed by atoms with Gasteiger partial charge in [-0.05, 0) is 68.5 Å². The lowest BCUT2D eigenvalue weighted by molar-refractivity contribution is -0.115. The molecule has 0 fully saturated rings. The smallest absolute Gasteiger partial charge is 0.272 e. The third-order valence-corrected chi connectivity index (χ3v) is 8.89. The maximum absolute atomic E-state index is 14.6. The zero-order valence-electron chi connectivity index (χ0n) is 24.7. The third-order valence-electron chi connectivity index (χ3n) is 6.69. The Balaban J connectivity index is 1.23. The van der Waals surface area contributed by atoms with Crippen LogP contribution in [0, 0.1) is 12.7 Å². The van der Waals surface area contributed by atoms with E-state index in [9.17, 15) is 18.8 Å².